The Hall–Kier alpha value is -1.64. The van der Waals surface area contributed by atoms with Gasteiger partial charge in [0.05, 0.1) is 4.90 Å². The Balaban J connectivity index is 0.00000182. The van der Waals surface area contributed by atoms with E-state index in [0.29, 0.717) is 17.6 Å². The number of piperidine rings is 1. The summed E-state index contributed by atoms with van der Waals surface area (Å²) in [5.74, 6) is 0.0727. The van der Waals surface area contributed by atoms with Crippen LogP contribution < -0.4 is 15.4 Å². The Morgan fingerprint density at radius 2 is 1.88 bits per heavy atom. The molecule has 4 rings (SSSR count). The Bertz CT molecular complexity index is 799. The predicted molar refractivity (Wildman–Crippen MR) is 96.5 cm³/mol. The van der Waals surface area contributed by atoms with E-state index < -0.39 is 10.0 Å². The summed E-state index contributed by atoms with van der Waals surface area (Å²) in [6.45, 7) is -0.0779. The highest BCUT2D eigenvalue weighted by molar-refractivity contribution is 7.90. The maximum atomic E-state index is 12.2. The smallest absolute Gasteiger partial charge is 0.263 e. The van der Waals surface area contributed by atoms with Crippen molar-refractivity contribution in [2.75, 3.05) is 6.54 Å². The van der Waals surface area contributed by atoms with Crippen LogP contribution in [0.2, 0.25) is 0 Å². The van der Waals surface area contributed by atoms with E-state index in [9.17, 15) is 13.2 Å². The van der Waals surface area contributed by atoms with Crippen LogP contribution >= 0.6 is 12.4 Å². The summed E-state index contributed by atoms with van der Waals surface area (Å²) < 4.78 is 26.4. The number of hydrogen-bond donors (Lipinski definition) is 3. The fourth-order valence-electron chi connectivity index (χ4n) is 3.85. The minimum atomic E-state index is -3.56. The number of benzene rings is 1. The molecule has 9 heteroatoms. The molecule has 2 bridgehead atoms. The normalized spacial score (nSPS) is 30.2. The van der Waals surface area contributed by atoms with Gasteiger partial charge in [0, 0.05) is 23.7 Å². The molecule has 1 amide bonds. The van der Waals surface area contributed by atoms with E-state index in [1.165, 1.54) is 18.9 Å². The molecule has 7 nitrogen and oxygen atoms in total. The molecule has 2 saturated heterocycles. The molecule has 136 valence electrons. The van der Waals surface area contributed by atoms with Gasteiger partial charge in [0.1, 0.15) is 12.4 Å². The van der Waals surface area contributed by atoms with Gasteiger partial charge in [-0.3, -0.25) is 14.5 Å². The number of aliphatic imine (C=N–C) groups is 1. The van der Waals surface area contributed by atoms with Crippen molar-refractivity contribution in [1.29, 1.82) is 0 Å². The number of rotatable bonds is 3. The quantitative estimate of drug-likeness (QED) is 0.708. The van der Waals surface area contributed by atoms with Crippen LogP contribution in [0.15, 0.2) is 34.2 Å². The molecule has 2 fully saturated rings. The summed E-state index contributed by atoms with van der Waals surface area (Å²) in [5, 5.41) is 6.56. The predicted octanol–water partition coefficient (Wildman–Crippen LogP) is 0.546. The Morgan fingerprint density at radius 1 is 1.20 bits per heavy atom. The lowest BCUT2D eigenvalue weighted by Gasteiger charge is -2.29. The molecule has 1 aromatic rings. The molecule has 0 radical (unpaired) electrons. The van der Waals surface area contributed by atoms with E-state index >= 15 is 0 Å². The zero-order valence-electron chi connectivity index (χ0n) is 13.6. The molecular weight excluding hydrogens is 364 g/mol. The lowest BCUT2D eigenvalue weighted by molar-refractivity contribution is -0.120. The lowest BCUT2D eigenvalue weighted by Crippen LogP contribution is -2.48. The number of sulfonamides is 1. The number of amidine groups is 1. The van der Waals surface area contributed by atoms with Gasteiger partial charge in [-0.25, -0.2) is 8.42 Å². The number of nitrogens with zero attached hydrogens (tertiary/aromatic N) is 1. The van der Waals surface area contributed by atoms with E-state index in [2.05, 4.69) is 20.3 Å². The Kier molecular flexibility index (Phi) is 5.04. The lowest BCUT2D eigenvalue weighted by atomic mass is 10.00. The zero-order chi connectivity index (χ0) is 16.7. The highest BCUT2D eigenvalue weighted by Gasteiger charge is 2.34. The van der Waals surface area contributed by atoms with Crippen molar-refractivity contribution >= 4 is 34.2 Å². The number of amides is 1. The fraction of sp³-hybridized carbons (Fsp3) is 0.500. The first-order valence-corrected chi connectivity index (χ1v) is 9.72. The number of hydrogen-bond acceptors (Lipinski definition) is 5. The van der Waals surface area contributed by atoms with Crippen LogP contribution in [0.3, 0.4) is 0 Å². The van der Waals surface area contributed by atoms with Crippen molar-refractivity contribution < 1.29 is 13.2 Å². The average Bonchev–Trinajstić information content (AvgIpc) is 3.02. The minimum Gasteiger partial charge on any atom is -0.352 e. The molecule has 3 heterocycles. The van der Waals surface area contributed by atoms with E-state index in [1.54, 1.807) is 18.2 Å². The first kappa shape index (κ1) is 18.2. The van der Waals surface area contributed by atoms with Crippen molar-refractivity contribution in [2.45, 2.75) is 48.7 Å². The Morgan fingerprint density at radius 3 is 2.60 bits per heavy atom. The summed E-state index contributed by atoms with van der Waals surface area (Å²) in [5.41, 5.74) is 0.519. The van der Waals surface area contributed by atoms with E-state index in [0.717, 1.165) is 12.8 Å². The van der Waals surface area contributed by atoms with Gasteiger partial charge in [-0.1, -0.05) is 12.1 Å². The first-order valence-electron chi connectivity index (χ1n) is 8.23. The summed E-state index contributed by atoms with van der Waals surface area (Å²) in [4.78, 5) is 16.5. The van der Waals surface area contributed by atoms with Gasteiger partial charge in [0.15, 0.2) is 0 Å². The van der Waals surface area contributed by atoms with Crippen molar-refractivity contribution in [1.82, 2.24) is 15.4 Å². The van der Waals surface area contributed by atoms with Crippen LogP contribution in [0.4, 0.5) is 0 Å². The SMILES string of the molecule is Cl.O=C(CN=C1NS(=O)(=O)c2ccccc21)NC1CC2CCC(C1)N2. The number of nitrogens with one attached hydrogen (secondary N) is 3. The van der Waals surface area contributed by atoms with Crippen molar-refractivity contribution in [3.63, 3.8) is 0 Å². The molecule has 0 saturated carbocycles. The van der Waals surface area contributed by atoms with Crippen LogP contribution in [0, 0.1) is 0 Å². The second-order valence-electron chi connectivity index (χ2n) is 6.64. The van der Waals surface area contributed by atoms with E-state index in [-0.39, 0.29) is 41.6 Å². The number of halogens is 1. The molecule has 2 atom stereocenters. The highest BCUT2D eigenvalue weighted by atomic mass is 35.5. The van der Waals surface area contributed by atoms with Gasteiger partial charge in [-0.2, -0.15) is 0 Å². The van der Waals surface area contributed by atoms with Crippen molar-refractivity contribution in [2.24, 2.45) is 4.99 Å². The monoisotopic (exact) mass is 384 g/mol. The third-order valence-electron chi connectivity index (χ3n) is 4.88. The topological polar surface area (TPSA) is 99.7 Å². The van der Waals surface area contributed by atoms with Gasteiger partial charge in [0.25, 0.3) is 10.0 Å². The first-order chi connectivity index (χ1) is 11.5. The van der Waals surface area contributed by atoms with Crippen molar-refractivity contribution in [3.05, 3.63) is 29.8 Å². The van der Waals surface area contributed by atoms with Crippen LogP contribution in [-0.4, -0.2) is 44.8 Å². The number of carbonyl (C=O) groups excluding carboxylic acids is 1. The molecule has 2 unspecified atom stereocenters. The summed E-state index contributed by atoms with van der Waals surface area (Å²) >= 11 is 0. The second-order valence-corrected chi connectivity index (χ2v) is 8.29. The Labute approximate surface area is 153 Å². The summed E-state index contributed by atoms with van der Waals surface area (Å²) in [6.07, 6.45) is 4.26. The number of fused-ring (bicyclic) bond motifs is 3. The third kappa shape index (κ3) is 3.65. The largest absolute Gasteiger partial charge is 0.352 e. The van der Waals surface area contributed by atoms with Gasteiger partial charge >= 0.3 is 0 Å². The molecule has 3 aliphatic heterocycles. The second kappa shape index (κ2) is 6.93. The van der Waals surface area contributed by atoms with Crippen LogP contribution in [0.5, 0.6) is 0 Å². The van der Waals surface area contributed by atoms with Crippen molar-refractivity contribution in [3.8, 4) is 0 Å². The maximum Gasteiger partial charge on any atom is 0.263 e. The molecular formula is C16H21ClN4O3S. The molecule has 0 spiro atoms. The average molecular weight is 385 g/mol. The van der Waals surface area contributed by atoms with Gasteiger partial charge in [-0.05, 0) is 37.8 Å². The minimum absolute atomic E-state index is 0. The van der Waals surface area contributed by atoms with Gasteiger partial charge in [0.2, 0.25) is 5.91 Å². The zero-order valence-corrected chi connectivity index (χ0v) is 15.2. The van der Waals surface area contributed by atoms with Gasteiger partial charge in [-0.15, -0.1) is 12.4 Å². The molecule has 25 heavy (non-hydrogen) atoms. The maximum absolute atomic E-state index is 12.2. The summed E-state index contributed by atoms with van der Waals surface area (Å²) in [6, 6.07) is 7.84. The van der Waals surface area contributed by atoms with Gasteiger partial charge < -0.3 is 10.6 Å². The molecule has 3 aliphatic rings. The summed E-state index contributed by atoms with van der Waals surface area (Å²) in [7, 11) is -3.56. The highest BCUT2D eigenvalue weighted by Crippen LogP contribution is 2.26. The van der Waals surface area contributed by atoms with E-state index in [1.807, 2.05) is 0 Å². The van der Waals surface area contributed by atoms with Crippen LogP contribution in [0.1, 0.15) is 31.2 Å². The van der Waals surface area contributed by atoms with Crippen LogP contribution in [-0.2, 0) is 14.8 Å². The van der Waals surface area contributed by atoms with E-state index in [4.69, 9.17) is 0 Å². The molecule has 0 aliphatic carbocycles. The molecule has 3 N–H and O–H groups in total. The van der Waals surface area contributed by atoms with Crippen LogP contribution in [0.25, 0.3) is 0 Å². The third-order valence-corrected chi connectivity index (χ3v) is 6.28. The standard InChI is InChI=1S/C16H20N4O3S.ClH/c21-15(19-12-7-10-5-6-11(8-12)18-10)9-17-16-13-3-1-2-4-14(13)24(22,23)20-16;/h1-4,10-12,18H,5-9H2,(H,17,20)(H,19,21);1H. The molecule has 0 aromatic heterocycles. The number of carbonyl (C=O) groups is 1. The fourth-order valence-corrected chi connectivity index (χ4v) is 5.10. The molecule has 1 aromatic carbocycles.